The molecule has 0 radical (unpaired) electrons. The Morgan fingerprint density at radius 2 is 2.08 bits per heavy atom. The van der Waals surface area contributed by atoms with Gasteiger partial charge in [-0.25, -0.2) is 0 Å². The Morgan fingerprint density at radius 3 is 2.62 bits per heavy atom. The summed E-state index contributed by atoms with van der Waals surface area (Å²) < 4.78 is 0. The molecule has 13 heavy (non-hydrogen) atoms. The summed E-state index contributed by atoms with van der Waals surface area (Å²) in [6.45, 7) is 0. The van der Waals surface area contributed by atoms with Gasteiger partial charge >= 0.3 is 0 Å². The number of nitrogens with zero attached hydrogens (tertiary/aromatic N) is 1. The number of benzene rings is 1. The smallest absolute Gasteiger partial charge is 0.0953 e. The fraction of sp³-hybridized carbons (Fsp3) is 0.364. The molecule has 1 N–H and O–H groups in total. The molecule has 1 aromatic rings. The lowest BCUT2D eigenvalue weighted by molar-refractivity contribution is 0.624. The van der Waals surface area contributed by atoms with Crippen LogP contribution < -0.4 is 5.32 Å². The van der Waals surface area contributed by atoms with Gasteiger partial charge in [0.05, 0.1) is 12.1 Å². The minimum absolute atomic E-state index is 0.0276. The molecule has 1 unspecified atom stereocenters. The Morgan fingerprint density at radius 1 is 1.38 bits per heavy atom. The fourth-order valence-corrected chi connectivity index (χ4v) is 1.23. The van der Waals surface area contributed by atoms with Crippen molar-refractivity contribution in [2.45, 2.75) is 18.9 Å². The summed E-state index contributed by atoms with van der Waals surface area (Å²) in [6.07, 6.45) is 1.83. The Balaban J connectivity index is 2.40. The average Bonchev–Trinajstić information content (AvgIpc) is 2.21. The van der Waals surface area contributed by atoms with E-state index < -0.39 is 0 Å². The molecule has 2 heteroatoms. The molecule has 0 spiro atoms. The van der Waals surface area contributed by atoms with Crippen LogP contribution >= 0.6 is 0 Å². The van der Waals surface area contributed by atoms with Crippen LogP contribution in [0.2, 0.25) is 0 Å². The van der Waals surface area contributed by atoms with Gasteiger partial charge in [-0.15, -0.1) is 0 Å². The first kappa shape index (κ1) is 9.76. The van der Waals surface area contributed by atoms with E-state index in [1.165, 1.54) is 5.56 Å². The summed E-state index contributed by atoms with van der Waals surface area (Å²) in [5.74, 6) is 0. The number of nitriles is 1. The molecule has 0 saturated carbocycles. The number of nitrogens with one attached hydrogen (secondary N) is 1. The summed E-state index contributed by atoms with van der Waals surface area (Å²) in [5.41, 5.74) is 1.29. The van der Waals surface area contributed by atoms with Crippen LogP contribution in [0, 0.1) is 11.3 Å². The highest BCUT2D eigenvalue weighted by molar-refractivity contribution is 5.15. The van der Waals surface area contributed by atoms with Gasteiger partial charge in [-0.2, -0.15) is 5.26 Å². The third-order valence-electron chi connectivity index (χ3n) is 2.07. The van der Waals surface area contributed by atoms with E-state index in [0.29, 0.717) is 0 Å². The summed E-state index contributed by atoms with van der Waals surface area (Å²) in [4.78, 5) is 0. The predicted molar refractivity (Wildman–Crippen MR) is 53.2 cm³/mol. The maximum atomic E-state index is 8.69. The lowest BCUT2D eigenvalue weighted by Gasteiger charge is -2.06. The molecule has 1 rings (SSSR count). The monoisotopic (exact) mass is 174 g/mol. The Hall–Kier alpha value is -1.33. The molecular formula is C11H14N2. The van der Waals surface area contributed by atoms with Gasteiger partial charge in [-0.05, 0) is 25.5 Å². The highest BCUT2D eigenvalue weighted by atomic mass is 14.9. The van der Waals surface area contributed by atoms with E-state index in [4.69, 9.17) is 5.26 Å². The van der Waals surface area contributed by atoms with Crippen molar-refractivity contribution in [2.75, 3.05) is 7.05 Å². The van der Waals surface area contributed by atoms with Crippen molar-refractivity contribution in [3.05, 3.63) is 35.9 Å². The zero-order valence-electron chi connectivity index (χ0n) is 7.83. The quantitative estimate of drug-likeness (QED) is 0.754. The number of hydrogen-bond acceptors (Lipinski definition) is 2. The molecule has 0 aliphatic heterocycles. The zero-order chi connectivity index (χ0) is 9.52. The van der Waals surface area contributed by atoms with Crippen molar-refractivity contribution >= 4 is 0 Å². The summed E-state index contributed by atoms with van der Waals surface area (Å²) in [5, 5.41) is 11.7. The van der Waals surface area contributed by atoms with Crippen molar-refractivity contribution in [1.29, 1.82) is 5.26 Å². The van der Waals surface area contributed by atoms with Crippen LogP contribution in [-0.2, 0) is 6.42 Å². The topological polar surface area (TPSA) is 35.8 Å². The van der Waals surface area contributed by atoms with Crippen LogP contribution in [0.3, 0.4) is 0 Å². The summed E-state index contributed by atoms with van der Waals surface area (Å²) >= 11 is 0. The lowest BCUT2D eigenvalue weighted by Crippen LogP contribution is -2.23. The van der Waals surface area contributed by atoms with Crippen LogP contribution in [0.5, 0.6) is 0 Å². The van der Waals surface area contributed by atoms with E-state index >= 15 is 0 Å². The zero-order valence-corrected chi connectivity index (χ0v) is 7.83. The molecule has 1 atom stereocenters. The van der Waals surface area contributed by atoms with Crippen molar-refractivity contribution in [2.24, 2.45) is 0 Å². The summed E-state index contributed by atoms with van der Waals surface area (Å²) in [6, 6.07) is 12.4. The summed E-state index contributed by atoms with van der Waals surface area (Å²) in [7, 11) is 1.82. The van der Waals surface area contributed by atoms with E-state index in [0.717, 1.165) is 12.8 Å². The highest BCUT2D eigenvalue weighted by Gasteiger charge is 2.02. The Bertz CT molecular complexity index is 274. The third kappa shape index (κ3) is 3.27. The molecule has 0 aliphatic carbocycles. The van der Waals surface area contributed by atoms with Gasteiger partial charge < -0.3 is 5.32 Å². The fourth-order valence-electron chi connectivity index (χ4n) is 1.23. The average molecular weight is 174 g/mol. The van der Waals surface area contributed by atoms with Crippen LogP contribution in [-0.4, -0.2) is 13.1 Å². The molecule has 0 saturated heterocycles. The second-order valence-corrected chi connectivity index (χ2v) is 2.99. The molecule has 0 heterocycles. The van der Waals surface area contributed by atoms with Gasteiger partial charge in [-0.3, -0.25) is 0 Å². The number of hydrogen-bond donors (Lipinski definition) is 1. The Labute approximate surface area is 79.2 Å². The number of aryl methyl sites for hydroxylation is 1. The van der Waals surface area contributed by atoms with Crippen LogP contribution in [0.25, 0.3) is 0 Å². The third-order valence-corrected chi connectivity index (χ3v) is 2.07. The second-order valence-electron chi connectivity index (χ2n) is 2.99. The van der Waals surface area contributed by atoms with Crippen LogP contribution in [0.4, 0.5) is 0 Å². The molecule has 0 aliphatic rings. The standard InChI is InChI=1S/C11H14N2/c1-13-11(9-12)8-7-10-5-3-2-4-6-10/h2-6,11,13H,7-8H2,1H3. The first-order chi connectivity index (χ1) is 6.36. The van der Waals surface area contributed by atoms with Gasteiger partial charge in [0.1, 0.15) is 0 Å². The minimum Gasteiger partial charge on any atom is -0.305 e. The molecule has 68 valence electrons. The molecule has 2 nitrogen and oxygen atoms in total. The van der Waals surface area contributed by atoms with Crippen molar-refractivity contribution in [1.82, 2.24) is 5.32 Å². The van der Waals surface area contributed by atoms with E-state index in [1.54, 1.807) is 0 Å². The van der Waals surface area contributed by atoms with Crippen molar-refractivity contribution in [3.8, 4) is 6.07 Å². The molecule has 0 bridgehead atoms. The number of rotatable bonds is 4. The van der Waals surface area contributed by atoms with Crippen molar-refractivity contribution in [3.63, 3.8) is 0 Å². The molecule has 0 aromatic heterocycles. The Kier molecular flexibility index (Phi) is 4.01. The van der Waals surface area contributed by atoms with Gasteiger partial charge in [0.2, 0.25) is 0 Å². The lowest BCUT2D eigenvalue weighted by atomic mass is 10.1. The minimum atomic E-state index is -0.0276. The van der Waals surface area contributed by atoms with Gasteiger partial charge in [0.25, 0.3) is 0 Å². The molecule has 0 amide bonds. The van der Waals surface area contributed by atoms with E-state index in [9.17, 15) is 0 Å². The molecular weight excluding hydrogens is 160 g/mol. The first-order valence-corrected chi connectivity index (χ1v) is 4.47. The normalized spacial score (nSPS) is 12.0. The second kappa shape index (κ2) is 5.34. The maximum Gasteiger partial charge on any atom is 0.0953 e. The predicted octanol–water partition coefficient (Wildman–Crippen LogP) is 1.73. The van der Waals surface area contributed by atoms with Crippen molar-refractivity contribution < 1.29 is 0 Å². The van der Waals surface area contributed by atoms with Crippen LogP contribution in [0.1, 0.15) is 12.0 Å². The molecule has 1 aromatic carbocycles. The van der Waals surface area contributed by atoms with Gasteiger partial charge in [0, 0.05) is 0 Å². The molecule has 0 fully saturated rings. The van der Waals surface area contributed by atoms with Crippen LogP contribution in [0.15, 0.2) is 30.3 Å². The SMILES string of the molecule is CNC(C#N)CCc1ccccc1. The highest BCUT2D eigenvalue weighted by Crippen LogP contribution is 2.03. The van der Waals surface area contributed by atoms with E-state index in [-0.39, 0.29) is 6.04 Å². The van der Waals surface area contributed by atoms with Gasteiger partial charge in [-0.1, -0.05) is 30.3 Å². The van der Waals surface area contributed by atoms with E-state index in [1.807, 2.05) is 25.2 Å². The van der Waals surface area contributed by atoms with Gasteiger partial charge in [0.15, 0.2) is 0 Å². The first-order valence-electron chi connectivity index (χ1n) is 4.47. The largest absolute Gasteiger partial charge is 0.305 e. The maximum absolute atomic E-state index is 8.69. The van der Waals surface area contributed by atoms with E-state index in [2.05, 4.69) is 23.5 Å².